The van der Waals surface area contributed by atoms with E-state index in [1.807, 2.05) is 16.3 Å². The molecule has 1 saturated carbocycles. The van der Waals surface area contributed by atoms with E-state index in [1.165, 1.54) is 24.2 Å². The van der Waals surface area contributed by atoms with Crippen LogP contribution >= 0.6 is 11.3 Å². The molecular weight excluding hydrogens is 230 g/mol. The van der Waals surface area contributed by atoms with Crippen LogP contribution < -0.4 is 0 Å². The number of rotatable bonds is 5. The first-order valence-corrected chi connectivity index (χ1v) is 6.93. The minimum absolute atomic E-state index is 0.113. The van der Waals surface area contributed by atoms with Crippen molar-refractivity contribution < 1.29 is 4.79 Å². The number of nitrogens with zero attached hydrogens (tertiary/aromatic N) is 1. The van der Waals surface area contributed by atoms with Crippen LogP contribution in [0.3, 0.4) is 0 Å². The van der Waals surface area contributed by atoms with Crippen LogP contribution in [0.4, 0.5) is 0 Å². The summed E-state index contributed by atoms with van der Waals surface area (Å²) in [7, 11) is 0. The fraction of sp³-hybridized carbons (Fsp3) is 0.500. The summed E-state index contributed by atoms with van der Waals surface area (Å²) in [5.74, 6) is 3.38. The summed E-state index contributed by atoms with van der Waals surface area (Å²) in [6.07, 6.45) is 8.72. The third-order valence-corrected chi connectivity index (χ3v) is 4.01. The second-order valence-electron chi connectivity index (χ2n) is 4.46. The Labute approximate surface area is 107 Å². The van der Waals surface area contributed by atoms with Gasteiger partial charge >= 0.3 is 0 Å². The van der Waals surface area contributed by atoms with E-state index < -0.39 is 0 Å². The van der Waals surface area contributed by atoms with Gasteiger partial charge < -0.3 is 4.90 Å². The van der Waals surface area contributed by atoms with Crippen molar-refractivity contribution >= 4 is 17.2 Å². The van der Waals surface area contributed by atoms with Gasteiger partial charge in [0.1, 0.15) is 0 Å². The molecule has 1 fully saturated rings. The fourth-order valence-electron chi connectivity index (χ4n) is 1.89. The van der Waals surface area contributed by atoms with Crippen LogP contribution in [0.1, 0.15) is 35.0 Å². The van der Waals surface area contributed by atoms with Gasteiger partial charge in [-0.15, -0.1) is 17.8 Å². The summed E-state index contributed by atoms with van der Waals surface area (Å²) in [4.78, 5) is 15.1. The van der Waals surface area contributed by atoms with Gasteiger partial charge in [0.2, 0.25) is 0 Å². The van der Waals surface area contributed by atoms with Crippen molar-refractivity contribution in [1.29, 1.82) is 0 Å². The van der Waals surface area contributed by atoms with E-state index in [4.69, 9.17) is 6.42 Å². The first-order chi connectivity index (χ1) is 8.26. The Kier molecular flexibility index (Phi) is 3.86. The molecule has 0 unspecified atom stereocenters. The van der Waals surface area contributed by atoms with Crippen molar-refractivity contribution in [2.45, 2.75) is 26.2 Å². The normalized spacial score (nSPS) is 14.4. The molecule has 0 atom stereocenters. The highest BCUT2D eigenvalue weighted by Gasteiger charge is 2.27. The number of carbonyl (C=O) groups is 1. The zero-order valence-corrected chi connectivity index (χ0v) is 10.9. The predicted molar refractivity (Wildman–Crippen MR) is 71.2 cm³/mol. The largest absolute Gasteiger partial charge is 0.327 e. The molecule has 0 bridgehead atoms. The number of thiophene rings is 1. The minimum atomic E-state index is 0.113. The average Bonchev–Trinajstić information content (AvgIpc) is 3.02. The van der Waals surface area contributed by atoms with Gasteiger partial charge in [0.25, 0.3) is 5.91 Å². The van der Waals surface area contributed by atoms with Crippen LogP contribution in [0, 0.1) is 18.3 Å². The Morgan fingerprint density at radius 2 is 2.41 bits per heavy atom. The van der Waals surface area contributed by atoms with Crippen LogP contribution in [0.25, 0.3) is 0 Å². The van der Waals surface area contributed by atoms with Crippen LogP contribution in [0.2, 0.25) is 0 Å². The maximum absolute atomic E-state index is 12.4. The monoisotopic (exact) mass is 247 g/mol. The predicted octanol–water partition coefficient (Wildman–Crippen LogP) is 2.80. The molecule has 1 aliphatic carbocycles. The second kappa shape index (κ2) is 5.37. The molecule has 3 heteroatoms. The van der Waals surface area contributed by atoms with Crippen molar-refractivity contribution in [2.24, 2.45) is 5.92 Å². The molecule has 0 spiro atoms. The first kappa shape index (κ1) is 12.2. The minimum Gasteiger partial charge on any atom is -0.327 e. The topological polar surface area (TPSA) is 20.3 Å². The smallest absolute Gasteiger partial charge is 0.264 e. The Hall–Kier alpha value is -1.27. The molecule has 1 aromatic heterocycles. The lowest BCUT2D eigenvalue weighted by atomic mass is 10.2. The van der Waals surface area contributed by atoms with E-state index in [1.54, 1.807) is 0 Å². The lowest BCUT2D eigenvalue weighted by molar-refractivity contribution is 0.0773. The molecule has 0 radical (unpaired) electrons. The highest BCUT2D eigenvalue weighted by Crippen LogP contribution is 2.30. The number of terminal acetylenes is 1. The highest BCUT2D eigenvalue weighted by atomic mass is 32.1. The van der Waals surface area contributed by atoms with E-state index in [0.717, 1.165) is 23.4 Å². The van der Waals surface area contributed by atoms with E-state index in [-0.39, 0.29) is 5.91 Å². The lowest BCUT2D eigenvalue weighted by Crippen LogP contribution is -2.33. The standard InChI is InChI=1S/C14H17NOS/c1-3-8-15(10-11-5-6-11)14(16)13-12(4-2)7-9-17-13/h1,7,9,11H,4-6,8,10H2,2H3. The lowest BCUT2D eigenvalue weighted by Gasteiger charge is -2.19. The van der Waals surface area contributed by atoms with E-state index in [0.29, 0.717) is 12.5 Å². The van der Waals surface area contributed by atoms with Gasteiger partial charge in [0.15, 0.2) is 0 Å². The van der Waals surface area contributed by atoms with Crippen molar-refractivity contribution in [3.8, 4) is 12.3 Å². The molecule has 1 heterocycles. The maximum Gasteiger partial charge on any atom is 0.264 e. The molecule has 1 amide bonds. The van der Waals surface area contributed by atoms with Crippen LogP contribution in [-0.2, 0) is 6.42 Å². The molecule has 0 aliphatic heterocycles. The van der Waals surface area contributed by atoms with E-state index in [2.05, 4.69) is 12.8 Å². The third kappa shape index (κ3) is 2.89. The highest BCUT2D eigenvalue weighted by molar-refractivity contribution is 7.12. The molecule has 17 heavy (non-hydrogen) atoms. The number of amides is 1. The Bertz CT molecular complexity index is 439. The first-order valence-electron chi connectivity index (χ1n) is 6.05. The average molecular weight is 247 g/mol. The summed E-state index contributed by atoms with van der Waals surface area (Å²) in [5, 5.41) is 1.98. The molecular formula is C14H17NOS. The number of hydrogen-bond acceptors (Lipinski definition) is 2. The summed E-state index contributed by atoms with van der Waals surface area (Å²) >= 11 is 1.52. The second-order valence-corrected chi connectivity index (χ2v) is 5.38. The fourth-order valence-corrected chi connectivity index (χ4v) is 2.85. The molecule has 2 nitrogen and oxygen atoms in total. The molecule has 2 rings (SSSR count). The van der Waals surface area contributed by atoms with E-state index in [9.17, 15) is 4.79 Å². The van der Waals surface area contributed by atoms with Gasteiger partial charge in [-0.05, 0) is 42.2 Å². The molecule has 90 valence electrons. The van der Waals surface area contributed by atoms with Gasteiger partial charge in [0.05, 0.1) is 11.4 Å². The molecule has 1 aromatic rings. The van der Waals surface area contributed by atoms with Crippen molar-refractivity contribution in [3.05, 3.63) is 21.9 Å². The third-order valence-electron chi connectivity index (χ3n) is 3.07. The molecule has 1 aliphatic rings. The summed E-state index contributed by atoms with van der Waals surface area (Å²) in [6, 6.07) is 2.03. The zero-order valence-electron chi connectivity index (χ0n) is 10.1. The van der Waals surface area contributed by atoms with Crippen LogP contribution in [-0.4, -0.2) is 23.9 Å². The van der Waals surface area contributed by atoms with Crippen LogP contribution in [0.15, 0.2) is 11.4 Å². The summed E-state index contributed by atoms with van der Waals surface area (Å²) in [6.45, 7) is 3.33. The molecule has 0 N–H and O–H groups in total. The number of hydrogen-bond donors (Lipinski definition) is 0. The van der Waals surface area contributed by atoms with Gasteiger partial charge in [-0.25, -0.2) is 0 Å². The van der Waals surface area contributed by atoms with E-state index >= 15 is 0 Å². The van der Waals surface area contributed by atoms with Gasteiger partial charge in [0, 0.05) is 6.54 Å². The summed E-state index contributed by atoms with van der Waals surface area (Å²) in [5.41, 5.74) is 1.14. The Morgan fingerprint density at radius 1 is 1.65 bits per heavy atom. The van der Waals surface area contributed by atoms with Crippen molar-refractivity contribution in [2.75, 3.05) is 13.1 Å². The van der Waals surface area contributed by atoms with Crippen molar-refractivity contribution in [1.82, 2.24) is 4.90 Å². The number of carbonyl (C=O) groups excluding carboxylic acids is 1. The molecule has 0 aromatic carbocycles. The SMILES string of the molecule is C#CCN(CC1CC1)C(=O)c1sccc1CC. The molecule has 0 saturated heterocycles. The van der Waals surface area contributed by atoms with Gasteiger partial charge in [-0.2, -0.15) is 0 Å². The summed E-state index contributed by atoms with van der Waals surface area (Å²) < 4.78 is 0. The number of aryl methyl sites for hydroxylation is 1. The van der Waals surface area contributed by atoms with Crippen LogP contribution in [0.5, 0.6) is 0 Å². The Balaban J connectivity index is 2.12. The zero-order chi connectivity index (χ0) is 12.3. The van der Waals surface area contributed by atoms with Crippen molar-refractivity contribution in [3.63, 3.8) is 0 Å². The maximum atomic E-state index is 12.4. The Morgan fingerprint density at radius 3 is 3.00 bits per heavy atom. The quantitative estimate of drug-likeness (QED) is 0.733. The van der Waals surface area contributed by atoms with Gasteiger partial charge in [-0.3, -0.25) is 4.79 Å². The van der Waals surface area contributed by atoms with Gasteiger partial charge in [-0.1, -0.05) is 12.8 Å².